The number of pyridine rings is 2. The predicted octanol–water partition coefficient (Wildman–Crippen LogP) is 2.75. The lowest BCUT2D eigenvalue weighted by Gasteiger charge is -2.23. The molecule has 9 nitrogen and oxygen atoms in total. The van der Waals surface area contributed by atoms with Crippen molar-refractivity contribution in [3.8, 4) is 11.1 Å². The molecule has 0 radical (unpaired) electrons. The van der Waals surface area contributed by atoms with Crippen LogP contribution in [0.1, 0.15) is 32.4 Å². The number of amides is 1. The number of carbonyl (C=O) groups is 1. The Morgan fingerprint density at radius 3 is 2.45 bits per heavy atom. The zero-order valence-electron chi connectivity index (χ0n) is 17.1. The minimum atomic E-state index is -3.49. The van der Waals surface area contributed by atoms with E-state index in [1.54, 1.807) is 44.6 Å². The van der Waals surface area contributed by atoms with Crippen molar-refractivity contribution in [2.24, 2.45) is 0 Å². The second-order valence-corrected chi connectivity index (χ2v) is 9.83. The average Bonchev–Trinajstić information content (AvgIpc) is 3.61. The van der Waals surface area contributed by atoms with Crippen molar-refractivity contribution in [3.05, 3.63) is 60.8 Å². The number of carbonyl (C=O) groups excluding carboxylic acids is 1. The molecule has 0 atom stereocenters. The van der Waals surface area contributed by atoms with Crippen LogP contribution in [0.3, 0.4) is 0 Å². The summed E-state index contributed by atoms with van der Waals surface area (Å²) in [6, 6.07) is 8.92. The maximum Gasteiger partial charge on any atom is 0.237 e. The van der Waals surface area contributed by atoms with Crippen molar-refractivity contribution >= 4 is 27.7 Å². The zero-order chi connectivity index (χ0) is 22.1. The van der Waals surface area contributed by atoms with E-state index in [1.165, 1.54) is 6.20 Å². The molecule has 4 rings (SSSR count). The van der Waals surface area contributed by atoms with Crippen molar-refractivity contribution in [3.63, 3.8) is 0 Å². The molecule has 1 fully saturated rings. The lowest BCUT2D eigenvalue weighted by Crippen LogP contribution is -2.36. The Kier molecular flexibility index (Phi) is 5.40. The summed E-state index contributed by atoms with van der Waals surface area (Å²) in [7, 11) is -3.49. The summed E-state index contributed by atoms with van der Waals surface area (Å²) < 4.78 is 26.7. The molecule has 2 N–H and O–H groups in total. The van der Waals surface area contributed by atoms with Gasteiger partial charge in [-0.15, -0.1) is 0 Å². The fourth-order valence-electron chi connectivity index (χ4n) is 2.91. The van der Waals surface area contributed by atoms with E-state index >= 15 is 0 Å². The van der Waals surface area contributed by atoms with Crippen LogP contribution in [0.15, 0.2) is 55.1 Å². The van der Waals surface area contributed by atoms with Crippen molar-refractivity contribution < 1.29 is 13.2 Å². The van der Waals surface area contributed by atoms with Crippen LogP contribution in [0.2, 0.25) is 0 Å². The van der Waals surface area contributed by atoms with Gasteiger partial charge in [0.25, 0.3) is 0 Å². The van der Waals surface area contributed by atoms with Gasteiger partial charge in [0.05, 0.1) is 16.4 Å². The van der Waals surface area contributed by atoms with Gasteiger partial charge in [0, 0.05) is 35.9 Å². The maximum absolute atomic E-state index is 12.9. The summed E-state index contributed by atoms with van der Waals surface area (Å²) in [5, 5.41) is 2.40. The van der Waals surface area contributed by atoms with E-state index in [2.05, 4.69) is 30.0 Å². The Morgan fingerprint density at radius 2 is 1.81 bits per heavy atom. The van der Waals surface area contributed by atoms with Gasteiger partial charge in [-0.05, 0) is 51.0 Å². The molecule has 3 heterocycles. The first-order valence-electron chi connectivity index (χ1n) is 9.79. The summed E-state index contributed by atoms with van der Waals surface area (Å²) in [4.78, 5) is 29.6. The molecule has 0 aromatic carbocycles. The number of aromatic nitrogens is 4. The van der Waals surface area contributed by atoms with Gasteiger partial charge in [0.1, 0.15) is 5.82 Å². The molecule has 0 unspecified atom stereocenters. The van der Waals surface area contributed by atoms with Crippen LogP contribution in [0, 0.1) is 0 Å². The van der Waals surface area contributed by atoms with Crippen molar-refractivity contribution in [1.82, 2.24) is 19.9 Å². The molecule has 0 aliphatic heterocycles. The number of anilines is 2. The van der Waals surface area contributed by atoms with Crippen LogP contribution in [-0.2, 0) is 20.2 Å². The molecule has 0 spiro atoms. The Labute approximate surface area is 180 Å². The second-order valence-electron chi connectivity index (χ2n) is 7.86. The molecule has 1 amide bonds. The molecule has 10 heteroatoms. The number of hydrogen-bond acceptors (Lipinski definition) is 7. The van der Waals surface area contributed by atoms with Gasteiger partial charge in [-0.25, -0.2) is 23.4 Å². The van der Waals surface area contributed by atoms with E-state index in [4.69, 9.17) is 0 Å². The Balaban J connectivity index is 1.48. The maximum atomic E-state index is 12.9. The van der Waals surface area contributed by atoms with Crippen LogP contribution >= 0.6 is 0 Å². The number of sulfonamides is 1. The molecule has 160 valence electrons. The topological polar surface area (TPSA) is 127 Å². The van der Waals surface area contributed by atoms with Crippen LogP contribution in [-0.4, -0.2) is 39.5 Å². The number of nitrogens with zero attached hydrogens (tertiary/aromatic N) is 4. The molecule has 1 saturated carbocycles. The van der Waals surface area contributed by atoms with Crippen LogP contribution in [0.4, 0.5) is 11.8 Å². The Morgan fingerprint density at radius 1 is 1.03 bits per heavy atom. The highest BCUT2D eigenvalue weighted by molar-refractivity contribution is 7.93. The van der Waals surface area contributed by atoms with Gasteiger partial charge in [0.15, 0.2) is 0 Å². The number of rotatable bonds is 7. The van der Waals surface area contributed by atoms with Crippen molar-refractivity contribution in [2.75, 3.05) is 10.0 Å². The monoisotopic (exact) mass is 438 g/mol. The third-order valence-corrected chi connectivity index (χ3v) is 6.88. The summed E-state index contributed by atoms with van der Waals surface area (Å²) in [5.41, 5.74) is 1.15. The third kappa shape index (κ3) is 4.69. The standard InChI is InChI=1S/C21H22N6O3S/c1-21(2,17-9-11-23-20(25-17)27-31(29,30)16-6-7-16)19(28)26-18-8-5-15(13-24-18)14-4-3-10-22-12-14/h3-5,8-13,16H,6-7H2,1-2H3,(H,23,25,27)(H,24,26,28). The van der Waals surface area contributed by atoms with Gasteiger partial charge in [-0.2, -0.15) is 0 Å². The first-order valence-corrected chi connectivity index (χ1v) is 11.3. The highest BCUT2D eigenvalue weighted by Gasteiger charge is 2.37. The fraction of sp³-hybridized carbons (Fsp3) is 0.286. The van der Waals surface area contributed by atoms with Crippen molar-refractivity contribution in [2.45, 2.75) is 37.4 Å². The summed E-state index contributed by atoms with van der Waals surface area (Å²) in [6.45, 7) is 3.40. The van der Waals surface area contributed by atoms with Gasteiger partial charge in [-0.1, -0.05) is 6.07 Å². The third-order valence-electron chi connectivity index (χ3n) is 5.06. The summed E-state index contributed by atoms with van der Waals surface area (Å²) in [5.74, 6) is 0.0301. The average molecular weight is 439 g/mol. The second kappa shape index (κ2) is 8.03. The fourth-order valence-corrected chi connectivity index (χ4v) is 4.18. The lowest BCUT2D eigenvalue weighted by atomic mass is 9.88. The molecule has 3 aromatic rings. The zero-order valence-corrected chi connectivity index (χ0v) is 17.9. The normalized spacial score (nSPS) is 14.1. The first-order chi connectivity index (χ1) is 14.8. The highest BCUT2D eigenvalue weighted by Crippen LogP contribution is 2.30. The SMILES string of the molecule is CC(C)(C(=O)Nc1ccc(-c2cccnc2)cn1)c1ccnc(NS(=O)(=O)C2CC2)n1. The highest BCUT2D eigenvalue weighted by atomic mass is 32.2. The molecular formula is C21H22N6O3S. The molecule has 1 aliphatic carbocycles. The largest absolute Gasteiger partial charge is 0.310 e. The summed E-state index contributed by atoms with van der Waals surface area (Å²) >= 11 is 0. The van der Waals surface area contributed by atoms with E-state index in [9.17, 15) is 13.2 Å². The van der Waals surface area contributed by atoms with Crippen LogP contribution in [0.25, 0.3) is 11.1 Å². The van der Waals surface area contributed by atoms with Gasteiger partial charge in [0.2, 0.25) is 21.9 Å². The summed E-state index contributed by atoms with van der Waals surface area (Å²) in [6.07, 6.45) is 7.80. The lowest BCUT2D eigenvalue weighted by molar-refractivity contribution is -0.120. The van der Waals surface area contributed by atoms with Crippen molar-refractivity contribution in [1.29, 1.82) is 0 Å². The smallest absolute Gasteiger partial charge is 0.237 e. The van der Waals surface area contributed by atoms with Gasteiger partial charge < -0.3 is 5.32 Å². The minimum Gasteiger partial charge on any atom is -0.310 e. The minimum absolute atomic E-state index is 0.0378. The quantitative estimate of drug-likeness (QED) is 0.581. The molecule has 0 saturated heterocycles. The molecule has 1 aliphatic rings. The molecule has 31 heavy (non-hydrogen) atoms. The van der Waals surface area contributed by atoms with E-state index < -0.39 is 20.7 Å². The van der Waals surface area contributed by atoms with Crippen LogP contribution < -0.4 is 10.0 Å². The Bertz CT molecular complexity index is 1190. The number of hydrogen-bond donors (Lipinski definition) is 2. The van der Waals surface area contributed by atoms with E-state index in [0.29, 0.717) is 24.4 Å². The molecular weight excluding hydrogens is 416 g/mol. The van der Waals surface area contributed by atoms with E-state index in [1.807, 2.05) is 18.2 Å². The molecule has 0 bridgehead atoms. The predicted molar refractivity (Wildman–Crippen MR) is 117 cm³/mol. The first kappa shape index (κ1) is 20.9. The molecule has 3 aromatic heterocycles. The van der Waals surface area contributed by atoms with E-state index in [-0.39, 0.29) is 11.9 Å². The van der Waals surface area contributed by atoms with Gasteiger partial charge in [-0.3, -0.25) is 14.5 Å². The van der Waals surface area contributed by atoms with Crippen LogP contribution in [0.5, 0.6) is 0 Å². The van der Waals surface area contributed by atoms with Gasteiger partial charge >= 0.3 is 0 Å². The number of nitrogens with one attached hydrogen (secondary N) is 2. The Hall–Kier alpha value is -3.40. The van der Waals surface area contributed by atoms with E-state index in [0.717, 1.165) is 11.1 Å².